The summed E-state index contributed by atoms with van der Waals surface area (Å²) in [7, 11) is 0. The Hall–Kier alpha value is -1.80. The van der Waals surface area contributed by atoms with Crippen LogP contribution in [0.3, 0.4) is 0 Å². The van der Waals surface area contributed by atoms with Gasteiger partial charge in [0.15, 0.2) is 0 Å². The lowest BCUT2D eigenvalue weighted by atomic mass is 9.83. The van der Waals surface area contributed by atoms with Gasteiger partial charge in [-0.3, -0.25) is 14.4 Å². The van der Waals surface area contributed by atoms with Gasteiger partial charge in [0.1, 0.15) is 5.56 Å². The first-order chi connectivity index (χ1) is 13.9. The number of piperidine rings is 1. The minimum absolute atomic E-state index is 0.0350. The first kappa shape index (κ1) is 20.5. The van der Waals surface area contributed by atoms with Crippen molar-refractivity contribution in [3.05, 3.63) is 33.7 Å². The molecule has 2 saturated heterocycles. The van der Waals surface area contributed by atoms with Crippen molar-refractivity contribution >= 4 is 23.6 Å². The number of morpholine rings is 1. The zero-order valence-corrected chi connectivity index (χ0v) is 18.1. The minimum Gasteiger partial charge on any atom is -0.372 e. The van der Waals surface area contributed by atoms with Gasteiger partial charge in [0, 0.05) is 44.3 Å². The van der Waals surface area contributed by atoms with Crippen LogP contribution in [0.1, 0.15) is 42.2 Å². The summed E-state index contributed by atoms with van der Waals surface area (Å²) in [5, 5.41) is 0. The molecule has 29 heavy (non-hydrogen) atoms. The second kappa shape index (κ2) is 8.14. The fraction of sp³-hybridized carbons (Fsp3) is 0.667. The number of amides is 2. The molecule has 158 valence electrons. The van der Waals surface area contributed by atoms with Crippen molar-refractivity contribution in [2.45, 2.75) is 44.9 Å². The summed E-state index contributed by atoms with van der Waals surface area (Å²) >= 11 is 1.54. The summed E-state index contributed by atoms with van der Waals surface area (Å²) in [6, 6.07) is 3.61. The molecular formula is C21H29N3O4S. The van der Waals surface area contributed by atoms with Crippen LogP contribution in [0.25, 0.3) is 0 Å². The molecule has 0 N–H and O–H groups in total. The molecule has 0 unspecified atom stereocenters. The number of hydrogen-bond donors (Lipinski definition) is 0. The van der Waals surface area contributed by atoms with Gasteiger partial charge in [0.05, 0.1) is 18.0 Å². The second-order valence-corrected chi connectivity index (χ2v) is 9.45. The first-order valence-electron chi connectivity index (χ1n) is 10.3. The number of hydrogen-bond acceptors (Lipinski definition) is 5. The summed E-state index contributed by atoms with van der Waals surface area (Å²) in [5.74, 6) is 0.882. The summed E-state index contributed by atoms with van der Waals surface area (Å²) in [4.78, 5) is 42.3. The van der Waals surface area contributed by atoms with E-state index in [1.54, 1.807) is 27.3 Å². The lowest BCUT2D eigenvalue weighted by molar-refractivity contribution is -0.131. The molecule has 0 radical (unpaired) electrons. The van der Waals surface area contributed by atoms with Gasteiger partial charge in [-0.15, -0.1) is 0 Å². The van der Waals surface area contributed by atoms with Crippen LogP contribution in [-0.2, 0) is 16.1 Å². The van der Waals surface area contributed by atoms with Crippen molar-refractivity contribution in [3.8, 4) is 0 Å². The van der Waals surface area contributed by atoms with E-state index in [4.69, 9.17) is 4.74 Å². The maximum atomic E-state index is 13.2. The third-order valence-electron chi connectivity index (χ3n) is 6.16. The van der Waals surface area contributed by atoms with Crippen LogP contribution in [-0.4, -0.2) is 76.6 Å². The van der Waals surface area contributed by atoms with Gasteiger partial charge in [0.25, 0.3) is 11.5 Å². The topological polar surface area (TPSA) is 71.9 Å². The number of nitrogens with zero attached hydrogens (tertiary/aromatic N) is 3. The van der Waals surface area contributed by atoms with Crippen LogP contribution in [0.15, 0.2) is 16.9 Å². The number of pyridine rings is 1. The number of carbonyl (C=O) groups is 2. The Kier molecular flexibility index (Phi) is 5.75. The van der Waals surface area contributed by atoms with Crippen molar-refractivity contribution < 1.29 is 14.3 Å². The Balaban J connectivity index is 1.59. The Morgan fingerprint density at radius 2 is 1.79 bits per heavy atom. The van der Waals surface area contributed by atoms with E-state index in [1.165, 1.54) is 0 Å². The van der Waals surface area contributed by atoms with Crippen molar-refractivity contribution in [1.29, 1.82) is 0 Å². The molecule has 3 aliphatic rings. The lowest BCUT2D eigenvalue weighted by Crippen LogP contribution is -2.51. The summed E-state index contributed by atoms with van der Waals surface area (Å²) < 4.78 is 7.50. The molecule has 4 rings (SSSR count). The minimum atomic E-state index is -0.209. The monoisotopic (exact) mass is 419 g/mol. The fourth-order valence-electron chi connectivity index (χ4n) is 5.04. The zero-order chi connectivity index (χ0) is 20.7. The number of rotatable bonds is 3. The normalized spacial score (nSPS) is 28.8. The van der Waals surface area contributed by atoms with Gasteiger partial charge < -0.3 is 19.1 Å². The second-order valence-electron chi connectivity index (χ2n) is 8.59. The zero-order valence-electron chi connectivity index (χ0n) is 17.3. The summed E-state index contributed by atoms with van der Waals surface area (Å²) in [5.41, 5.74) is 0.997. The van der Waals surface area contributed by atoms with E-state index in [0.29, 0.717) is 38.5 Å². The summed E-state index contributed by atoms with van der Waals surface area (Å²) in [6.07, 6.45) is 2.86. The van der Waals surface area contributed by atoms with E-state index < -0.39 is 0 Å². The molecular weight excluding hydrogens is 390 g/mol. The highest BCUT2D eigenvalue weighted by Gasteiger charge is 2.37. The molecule has 4 heterocycles. The molecule has 0 spiro atoms. The largest absolute Gasteiger partial charge is 0.372 e. The molecule has 4 atom stereocenters. The maximum Gasteiger partial charge on any atom is 0.263 e. The average Bonchev–Trinajstić information content (AvgIpc) is 2.67. The van der Waals surface area contributed by atoms with E-state index >= 15 is 0 Å². The van der Waals surface area contributed by atoms with Crippen LogP contribution in [0, 0.1) is 5.92 Å². The van der Waals surface area contributed by atoms with E-state index in [1.807, 2.05) is 31.1 Å². The van der Waals surface area contributed by atoms with E-state index in [0.717, 1.165) is 12.1 Å². The number of likely N-dealkylation sites (tertiary alicyclic amines) is 1. The maximum absolute atomic E-state index is 13.2. The van der Waals surface area contributed by atoms with Crippen LogP contribution in [0.2, 0.25) is 0 Å². The van der Waals surface area contributed by atoms with Crippen LogP contribution >= 0.6 is 11.8 Å². The lowest BCUT2D eigenvalue weighted by Gasteiger charge is -2.43. The third-order valence-corrected chi connectivity index (χ3v) is 6.70. The molecule has 7 nitrogen and oxygen atoms in total. The molecule has 0 saturated carbocycles. The van der Waals surface area contributed by atoms with Gasteiger partial charge in [-0.2, -0.15) is 11.8 Å². The Morgan fingerprint density at radius 1 is 1.07 bits per heavy atom. The summed E-state index contributed by atoms with van der Waals surface area (Å²) in [6.45, 7) is 6.82. The number of ether oxygens (including phenoxy) is 1. The Labute approximate surface area is 175 Å². The van der Waals surface area contributed by atoms with Crippen molar-refractivity contribution in [2.24, 2.45) is 5.92 Å². The number of fused-ring (bicyclic) bond motifs is 4. The third kappa shape index (κ3) is 3.97. The van der Waals surface area contributed by atoms with Crippen LogP contribution in [0.5, 0.6) is 0 Å². The van der Waals surface area contributed by atoms with Gasteiger partial charge in [-0.05, 0) is 44.6 Å². The first-order valence-corrected chi connectivity index (χ1v) is 11.7. The van der Waals surface area contributed by atoms with E-state index in [9.17, 15) is 14.4 Å². The molecule has 2 amide bonds. The predicted octanol–water partition coefficient (Wildman–Crippen LogP) is 1.41. The van der Waals surface area contributed by atoms with Crippen molar-refractivity contribution in [1.82, 2.24) is 14.4 Å². The van der Waals surface area contributed by atoms with E-state index in [2.05, 4.69) is 0 Å². The SMILES string of the molecule is CSCC(=O)N1C[C@@H]2C[C@H](C1)c1ccc(C(=O)N3C[C@@H](C)O[C@@H](C)C3)c(=O)n1C2. The van der Waals surface area contributed by atoms with Crippen LogP contribution in [0.4, 0.5) is 0 Å². The molecule has 8 heteroatoms. The smallest absolute Gasteiger partial charge is 0.263 e. The van der Waals surface area contributed by atoms with Crippen LogP contribution < -0.4 is 5.56 Å². The average molecular weight is 420 g/mol. The van der Waals surface area contributed by atoms with Crippen molar-refractivity contribution in [3.63, 3.8) is 0 Å². The fourth-order valence-corrected chi connectivity index (χ4v) is 5.47. The number of thioether (sulfide) groups is 1. The predicted molar refractivity (Wildman–Crippen MR) is 112 cm³/mol. The van der Waals surface area contributed by atoms with E-state index in [-0.39, 0.29) is 47.0 Å². The van der Waals surface area contributed by atoms with Gasteiger partial charge in [-0.1, -0.05) is 0 Å². The molecule has 1 aromatic heterocycles. The highest BCUT2D eigenvalue weighted by atomic mass is 32.2. The van der Waals surface area contributed by atoms with Gasteiger partial charge in [0.2, 0.25) is 5.91 Å². The molecule has 2 bridgehead atoms. The highest BCUT2D eigenvalue weighted by Crippen LogP contribution is 2.35. The molecule has 2 fully saturated rings. The van der Waals surface area contributed by atoms with Crippen molar-refractivity contribution in [2.75, 3.05) is 38.2 Å². The number of carbonyl (C=O) groups excluding carboxylic acids is 2. The molecule has 0 aliphatic carbocycles. The number of aromatic nitrogens is 1. The molecule has 3 aliphatic heterocycles. The molecule has 0 aromatic carbocycles. The highest BCUT2D eigenvalue weighted by molar-refractivity contribution is 7.99. The Morgan fingerprint density at radius 3 is 2.48 bits per heavy atom. The van der Waals surface area contributed by atoms with Gasteiger partial charge in [-0.25, -0.2) is 0 Å². The quantitative estimate of drug-likeness (QED) is 0.741. The standard InChI is InChI=1S/C21H29N3O4S/c1-13-7-23(8-14(2)28-13)20(26)17-4-5-18-16-6-15(10-24(18)21(17)27)9-22(11-16)19(25)12-29-3/h4-5,13-16H,6-12H2,1-3H3/t13-,14+,15-,16+/m0/s1. The Bertz CT molecular complexity index is 860. The van der Waals surface area contributed by atoms with Gasteiger partial charge >= 0.3 is 0 Å². The molecule has 1 aromatic rings.